The second-order valence-corrected chi connectivity index (χ2v) is 4.39. The third-order valence-electron chi connectivity index (χ3n) is 3.14. The van der Waals surface area contributed by atoms with Gasteiger partial charge in [0, 0.05) is 11.0 Å². The molecule has 0 aromatic heterocycles. The van der Waals surface area contributed by atoms with Crippen molar-refractivity contribution >= 4 is 12.1 Å². The number of rotatable bonds is 1. The minimum atomic E-state index is -0.686. The number of hydrogen-bond donors (Lipinski definition) is 0. The highest BCUT2D eigenvalue weighted by Crippen LogP contribution is 2.41. The first-order valence-electron chi connectivity index (χ1n) is 4.78. The summed E-state index contributed by atoms with van der Waals surface area (Å²) in [6.45, 7) is 3.65. The summed E-state index contributed by atoms with van der Waals surface area (Å²) in [6, 6.07) is 4.12. The van der Waals surface area contributed by atoms with E-state index in [1.54, 1.807) is 6.07 Å². The van der Waals surface area contributed by atoms with Crippen LogP contribution in [-0.2, 0) is 10.2 Å². The van der Waals surface area contributed by atoms with E-state index in [4.69, 9.17) is 0 Å². The van der Waals surface area contributed by atoms with Crippen LogP contribution in [0.4, 0.5) is 4.39 Å². The average molecular weight is 206 g/mol. The molecule has 0 amide bonds. The Morgan fingerprint density at radius 2 is 2.07 bits per heavy atom. The highest BCUT2D eigenvalue weighted by molar-refractivity contribution is 6.11. The van der Waals surface area contributed by atoms with Gasteiger partial charge in [-0.3, -0.25) is 4.79 Å². The zero-order valence-electron chi connectivity index (χ0n) is 8.58. The van der Waals surface area contributed by atoms with Crippen LogP contribution >= 0.6 is 0 Å². The molecule has 2 nitrogen and oxygen atoms in total. The van der Waals surface area contributed by atoms with Crippen LogP contribution in [0.3, 0.4) is 0 Å². The molecule has 0 radical (unpaired) electrons. The van der Waals surface area contributed by atoms with Crippen LogP contribution in [0.15, 0.2) is 18.2 Å². The van der Waals surface area contributed by atoms with Gasteiger partial charge in [0.1, 0.15) is 12.1 Å². The van der Waals surface area contributed by atoms with Crippen LogP contribution in [0.2, 0.25) is 0 Å². The van der Waals surface area contributed by atoms with Crippen molar-refractivity contribution in [1.29, 1.82) is 0 Å². The molecule has 0 saturated heterocycles. The predicted octanol–water partition coefficient (Wildman–Crippen LogP) is 2.11. The van der Waals surface area contributed by atoms with Crippen molar-refractivity contribution in [2.45, 2.75) is 19.3 Å². The van der Waals surface area contributed by atoms with Crippen LogP contribution in [0.1, 0.15) is 29.8 Å². The van der Waals surface area contributed by atoms with Crippen molar-refractivity contribution in [1.82, 2.24) is 0 Å². The van der Waals surface area contributed by atoms with Gasteiger partial charge in [-0.15, -0.1) is 0 Å². The summed E-state index contributed by atoms with van der Waals surface area (Å²) >= 11 is 0. The molecule has 1 aliphatic carbocycles. The molecule has 3 heteroatoms. The summed E-state index contributed by atoms with van der Waals surface area (Å²) in [5, 5.41) is 0. The number of fused-ring (bicyclic) bond motifs is 1. The molecule has 0 N–H and O–H groups in total. The van der Waals surface area contributed by atoms with Gasteiger partial charge >= 0.3 is 0 Å². The van der Waals surface area contributed by atoms with E-state index in [-0.39, 0.29) is 5.78 Å². The monoisotopic (exact) mass is 206 g/mol. The smallest absolute Gasteiger partial charge is 0.174 e. The van der Waals surface area contributed by atoms with E-state index in [0.717, 1.165) is 5.56 Å². The molecule has 0 heterocycles. The Morgan fingerprint density at radius 3 is 2.67 bits per heavy atom. The quantitative estimate of drug-likeness (QED) is 0.521. The fraction of sp³-hybridized carbons (Fsp3) is 0.333. The molecular formula is C12H11FO2. The second kappa shape index (κ2) is 2.99. The number of halogens is 1. The van der Waals surface area contributed by atoms with E-state index in [1.165, 1.54) is 12.1 Å². The third-order valence-corrected chi connectivity index (χ3v) is 3.14. The van der Waals surface area contributed by atoms with Crippen LogP contribution in [0.5, 0.6) is 0 Å². The molecule has 1 aliphatic rings. The van der Waals surface area contributed by atoms with E-state index in [1.807, 2.05) is 13.8 Å². The standard InChI is InChI=1S/C12H11FO2/c1-12(2)9-4-3-7(13)5-8(9)11(15)10(12)6-14/h3-6,10H,1-2H3. The summed E-state index contributed by atoms with van der Waals surface area (Å²) in [4.78, 5) is 22.7. The summed E-state index contributed by atoms with van der Waals surface area (Å²) in [5.41, 5.74) is 0.574. The molecule has 0 spiro atoms. The molecular weight excluding hydrogens is 195 g/mol. The number of carbonyl (C=O) groups is 2. The van der Waals surface area contributed by atoms with E-state index >= 15 is 0 Å². The predicted molar refractivity (Wildman–Crippen MR) is 53.3 cm³/mol. The van der Waals surface area contributed by atoms with Crippen molar-refractivity contribution in [3.05, 3.63) is 35.1 Å². The Hall–Kier alpha value is -1.51. The van der Waals surface area contributed by atoms with Crippen molar-refractivity contribution in [2.24, 2.45) is 5.92 Å². The Kier molecular flexibility index (Phi) is 2.00. The zero-order valence-corrected chi connectivity index (χ0v) is 8.58. The first kappa shape index (κ1) is 10.0. The van der Waals surface area contributed by atoms with Crippen LogP contribution in [-0.4, -0.2) is 12.1 Å². The maximum Gasteiger partial charge on any atom is 0.174 e. The molecule has 2 rings (SSSR count). The lowest BCUT2D eigenvalue weighted by atomic mass is 9.79. The van der Waals surface area contributed by atoms with E-state index in [2.05, 4.69) is 0 Å². The van der Waals surface area contributed by atoms with Crippen molar-refractivity contribution < 1.29 is 14.0 Å². The summed E-state index contributed by atoms with van der Waals surface area (Å²) in [7, 11) is 0. The molecule has 0 saturated carbocycles. The Labute approximate surface area is 87.1 Å². The van der Waals surface area contributed by atoms with Gasteiger partial charge in [-0.2, -0.15) is 0 Å². The number of benzene rings is 1. The number of ketones is 1. The van der Waals surface area contributed by atoms with Gasteiger partial charge in [0.05, 0.1) is 5.92 Å². The normalized spacial score (nSPS) is 22.6. The molecule has 1 unspecified atom stereocenters. The SMILES string of the molecule is CC1(C)c2ccc(F)cc2C(=O)C1C=O. The Balaban J connectivity index is 2.67. The maximum atomic E-state index is 13.0. The number of hydrogen-bond acceptors (Lipinski definition) is 2. The highest BCUT2D eigenvalue weighted by Gasteiger charge is 2.45. The largest absolute Gasteiger partial charge is 0.303 e. The van der Waals surface area contributed by atoms with Gasteiger partial charge in [0.15, 0.2) is 5.78 Å². The minimum absolute atomic E-state index is 0.274. The summed E-state index contributed by atoms with van der Waals surface area (Å²) < 4.78 is 13.0. The van der Waals surface area contributed by atoms with E-state index in [0.29, 0.717) is 11.8 Å². The second-order valence-electron chi connectivity index (χ2n) is 4.39. The maximum absolute atomic E-state index is 13.0. The molecule has 0 bridgehead atoms. The topological polar surface area (TPSA) is 34.1 Å². The first-order chi connectivity index (χ1) is 6.98. The van der Waals surface area contributed by atoms with Gasteiger partial charge in [-0.25, -0.2) is 4.39 Å². The number of Topliss-reactive ketones (excluding diaryl/α,β-unsaturated/α-hetero) is 1. The first-order valence-corrected chi connectivity index (χ1v) is 4.78. The minimum Gasteiger partial charge on any atom is -0.303 e. The Bertz CT molecular complexity index is 449. The lowest BCUT2D eigenvalue weighted by Gasteiger charge is -2.22. The lowest BCUT2D eigenvalue weighted by Crippen LogP contribution is -2.28. The van der Waals surface area contributed by atoms with Gasteiger partial charge < -0.3 is 4.79 Å². The van der Waals surface area contributed by atoms with Crippen LogP contribution in [0.25, 0.3) is 0 Å². The van der Waals surface area contributed by atoms with Crippen LogP contribution in [0, 0.1) is 11.7 Å². The lowest BCUT2D eigenvalue weighted by molar-refractivity contribution is -0.111. The summed E-state index contributed by atoms with van der Waals surface area (Å²) in [5.74, 6) is -1.40. The molecule has 1 aromatic carbocycles. The molecule has 15 heavy (non-hydrogen) atoms. The van der Waals surface area contributed by atoms with Crippen molar-refractivity contribution in [3.8, 4) is 0 Å². The zero-order chi connectivity index (χ0) is 11.2. The fourth-order valence-electron chi connectivity index (χ4n) is 2.18. The van der Waals surface area contributed by atoms with E-state index < -0.39 is 17.2 Å². The van der Waals surface area contributed by atoms with Crippen molar-refractivity contribution in [2.75, 3.05) is 0 Å². The summed E-state index contributed by atoms with van der Waals surface area (Å²) in [6.07, 6.45) is 0.653. The third kappa shape index (κ3) is 1.23. The van der Waals surface area contributed by atoms with E-state index in [9.17, 15) is 14.0 Å². The van der Waals surface area contributed by atoms with Gasteiger partial charge in [-0.05, 0) is 17.7 Å². The molecule has 78 valence electrons. The molecule has 0 aliphatic heterocycles. The van der Waals surface area contributed by atoms with Crippen LogP contribution < -0.4 is 0 Å². The fourth-order valence-corrected chi connectivity index (χ4v) is 2.18. The highest BCUT2D eigenvalue weighted by atomic mass is 19.1. The van der Waals surface area contributed by atoms with Gasteiger partial charge in [0.2, 0.25) is 0 Å². The molecule has 0 fully saturated rings. The van der Waals surface area contributed by atoms with Gasteiger partial charge in [0.25, 0.3) is 0 Å². The Morgan fingerprint density at radius 1 is 1.40 bits per heavy atom. The number of carbonyl (C=O) groups excluding carboxylic acids is 2. The number of aldehydes is 1. The van der Waals surface area contributed by atoms with Crippen molar-refractivity contribution in [3.63, 3.8) is 0 Å². The molecule has 1 aromatic rings. The average Bonchev–Trinajstić information content (AvgIpc) is 2.34. The molecule has 1 atom stereocenters. The van der Waals surface area contributed by atoms with Gasteiger partial charge in [-0.1, -0.05) is 19.9 Å².